The number of aromatic nitrogens is 2. The number of nitrogens with zero attached hydrogens (tertiary/aromatic N) is 2. The Labute approximate surface area is 145 Å². The normalized spacial score (nSPS) is 11.4. The first kappa shape index (κ1) is 17.0. The molecule has 130 valence electrons. The van der Waals surface area contributed by atoms with Crippen LogP contribution < -0.4 is 9.88 Å². The Morgan fingerprint density at radius 3 is 2.48 bits per heavy atom. The monoisotopic (exact) mass is 359 g/mol. The highest BCUT2D eigenvalue weighted by Gasteiger charge is 2.11. The number of hydrogen-bond acceptors (Lipinski definition) is 5. The zero-order chi connectivity index (χ0) is 18.0. The fourth-order valence-electron chi connectivity index (χ4n) is 2.38. The molecule has 1 aromatic heterocycles. The lowest BCUT2D eigenvalue weighted by molar-refractivity contribution is 0.284. The molecule has 0 aliphatic heterocycles. The molecular formula is C17H17N3O4S. The summed E-state index contributed by atoms with van der Waals surface area (Å²) in [4.78, 5) is 0.0455. The van der Waals surface area contributed by atoms with Crippen LogP contribution in [-0.2, 0) is 16.6 Å². The summed E-state index contributed by atoms with van der Waals surface area (Å²) in [5.41, 5.74) is 2.24. The number of para-hydroxylation sites is 2. The van der Waals surface area contributed by atoms with E-state index in [1.54, 1.807) is 41.1 Å². The van der Waals surface area contributed by atoms with Crippen molar-refractivity contribution in [2.75, 3.05) is 0 Å². The highest BCUT2D eigenvalue weighted by atomic mass is 32.2. The molecule has 1 heterocycles. The summed E-state index contributed by atoms with van der Waals surface area (Å²) in [6, 6.07) is 14.7. The fraction of sp³-hybridized carbons (Fsp3) is 0.118. The second-order valence-corrected chi connectivity index (χ2v) is 7.05. The topological polar surface area (TPSA) is 107 Å². The summed E-state index contributed by atoms with van der Waals surface area (Å²) in [6.45, 7) is 2.07. The minimum Gasteiger partial charge on any atom is -0.504 e. The summed E-state index contributed by atoms with van der Waals surface area (Å²) >= 11 is 0. The van der Waals surface area contributed by atoms with Gasteiger partial charge in [-0.3, -0.25) is 0 Å². The Bertz CT molecular complexity index is 995. The van der Waals surface area contributed by atoms with Gasteiger partial charge in [0.25, 0.3) is 0 Å². The van der Waals surface area contributed by atoms with Crippen LogP contribution in [0.2, 0.25) is 0 Å². The van der Waals surface area contributed by atoms with Gasteiger partial charge in [0.05, 0.1) is 10.6 Å². The molecular weight excluding hydrogens is 342 g/mol. The lowest BCUT2D eigenvalue weighted by Gasteiger charge is -2.06. The summed E-state index contributed by atoms with van der Waals surface area (Å²) in [6.07, 6.45) is 0. The molecule has 2 aromatic carbocycles. The maximum Gasteiger partial charge on any atom is 0.238 e. The van der Waals surface area contributed by atoms with E-state index in [1.807, 2.05) is 13.0 Å². The van der Waals surface area contributed by atoms with Crippen LogP contribution >= 0.6 is 0 Å². The number of ether oxygens (including phenoxy) is 1. The Balaban J connectivity index is 1.79. The van der Waals surface area contributed by atoms with Gasteiger partial charge in [-0.15, -0.1) is 0 Å². The molecule has 0 fully saturated rings. The van der Waals surface area contributed by atoms with E-state index in [-0.39, 0.29) is 17.3 Å². The van der Waals surface area contributed by atoms with Crippen LogP contribution in [0, 0.1) is 6.92 Å². The van der Waals surface area contributed by atoms with Crippen LogP contribution in [0.3, 0.4) is 0 Å². The number of phenols is 1. The van der Waals surface area contributed by atoms with Crippen molar-refractivity contribution in [3.63, 3.8) is 0 Å². The third-order valence-electron chi connectivity index (χ3n) is 3.59. The molecule has 0 radical (unpaired) electrons. The standard InChI is InChI=1S/C17H17N3O4S/c1-12-10-13(11-24-17-5-3-2-4-16(17)21)19-20(12)14-6-8-15(9-7-14)25(18,22)23/h2-10,21H,11H2,1H3,(H2,18,22,23). The fourth-order valence-corrected chi connectivity index (χ4v) is 2.89. The Morgan fingerprint density at radius 2 is 1.84 bits per heavy atom. The quantitative estimate of drug-likeness (QED) is 0.725. The maximum absolute atomic E-state index is 11.3. The van der Waals surface area contributed by atoms with Gasteiger partial charge in [-0.2, -0.15) is 5.10 Å². The van der Waals surface area contributed by atoms with Crippen molar-refractivity contribution < 1.29 is 18.3 Å². The molecule has 3 rings (SSSR count). The van der Waals surface area contributed by atoms with Gasteiger partial charge < -0.3 is 9.84 Å². The third kappa shape index (κ3) is 3.81. The maximum atomic E-state index is 11.3. The molecule has 8 heteroatoms. The molecule has 0 unspecified atom stereocenters. The van der Waals surface area contributed by atoms with Crippen molar-refractivity contribution in [2.24, 2.45) is 5.14 Å². The van der Waals surface area contributed by atoms with Crippen molar-refractivity contribution in [3.05, 3.63) is 66.0 Å². The zero-order valence-corrected chi connectivity index (χ0v) is 14.3. The summed E-state index contributed by atoms with van der Waals surface area (Å²) < 4.78 is 29.9. The molecule has 0 saturated heterocycles. The Hall–Kier alpha value is -2.84. The van der Waals surface area contributed by atoms with E-state index in [9.17, 15) is 13.5 Å². The summed E-state index contributed by atoms with van der Waals surface area (Å²) in [7, 11) is -3.72. The summed E-state index contributed by atoms with van der Waals surface area (Å²) in [5, 5.41) is 19.3. The van der Waals surface area contributed by atoms with Crippen molar-refractivity contribution in [1.29, 1.82) is 0 Å². The van der Waals surface area contributed by atoms with Gasteiger partial charge >= 0.3 is 0 Å². The van der Waals surface area contributed by atoms with Crippen LogP contribution in [-0.4, -0.2) is 23.3 Å². The first-order valence-electron chi connectivity index (χ1n) is 7.44. The smallest absolute Gasteiger partial charge is 0.238 e. The second kappa shape index (κ2) is 6.58. The number of hydrogen-bond donors (Lipinski definition) is 2. The number of aromatic hydroxyl groups is 1. The first-order chi connectivity index (χ1) is 11.8. The second-order valence-electron chi connectivity index (χ2n) is 5.48. The minimum absolute atomic E-state index is 0.0455. The number of rotatable bonds is 5. The third-order valence-corrected chi connectivity index (χ3v) is 4.52. The number of sulfonamides is 1. The molecule has 0 amide bonds. The molecule has 0 bridgehead atoms. The predicted octanol–water partition coefficient (Wildman–Crippen LogP) is 2.11. The van der Waals surface area contributed by atoms with E-state index < -0.39 is 10.0 Å². The lowest BCUT2D eigenvalue weighted by atomic mass is 10.3. The molecule has 3 aromatic rings. The van der Waals surface area contributed by atoms with Gasteiger partial charge in [0.2, 0.25) is 10.0 Å². The lowest BCUT2D eigenvalue weighted by Crippen LogP contribution is -2.12. The molecule has 25 heavy (non-hydrogen) atoms. The molecule has 0 atom stereocenters. The van der Waals surface area contributed by atoms with Crippen molar-refractivity contribution in [2.45, 2.75) is 18.4 Å². The van der Waals surface area contributed by atoms with Crippen LogP contribution in [0.15, 0.2) is 59.5 Å². The van der Waals surface area contributed by atoms with Gasteiger partial charge in [-0.05, 0) is 49.4 Å². The number of primary sulfonamides is 1. The molecule has 0 aliphatic rings. The number of aryl methyl sites for hydroxylation is 1. The van der Waals surface area contributed by atoms with E-state index in [1.165, 1.54) is 12.1 Å². The van der Waals surface area contributed by atoms with Crippen molar-refractivity contribution in [3.8, 4) is 17.2 Å². The molecule has 3 N–H and O–H groups in total. The largest absolute Gasteiger partial charge is 0.504 e. The predicted molar refractivity (Wildman–Crippen MR) is 92.1 cm³/mol. The molecule has 0 saturated carbocycles. The highest BCUT2D eigenvalue weighted by Crippen LogP contribution is 2.25. The van der Waals surface area contributed by atoms with Crippen LogP contribution in [0.5, 0.6) is 11.5 Å². The summed E-state index contributed by atoms with van der Waals surface area (Å²) in [5.74, 6) is 0.449. The minimum atomic E-state index is -3.72. The number of nitrogens with two attached hydrogens (primary N) is 1. The van der Waals surface area contributed by atoms with Gasteiger partial charge in [-0.1, -0.05) is 12.1 Å². The van der Waals surface area contributed by atoms with Gasteiger partial charge in [0, 0.05) is 5.69 Å². The van der Waals surface area contributed by atoms with E-state index in [2.05, 4.69) is 5.10 Å². The Kier molecular flexibility index (Phi) is 4.47. The van der Waals surface area contributed by atoms with E-state index in [0.717, 1.165) is 5.69 Å². The molecule has 0 aliphatic carbocycles. The van der Waals surface area contributed by atoms with Crippen LogP contribution in [0.4, 0.5) is 0 Å². The average molecular weight is 359 g/mol. The van der Waals surface area contributed by atoms with Gasteiger partial charge in [-0.25, -0.2) is 18.2 Å². The van der Waals surface area contributed by atoms with Gasteiger partial charge in [0.15, 0.2) is 11.5 Å². The number of benzene rings is 2. The molecule has 0 spiro atoms. The molecule has 7 nitrogen and oxygen atoms in total. The SMILES string of the molecule is Cc1cc(COc2ccccc2O)nn1-c1ccc(S(N)(=O)=O)cc1. The van der Waals surface area contributed by atoms with Crippen molar-refractivity contribution in [1.82, 2.24) is 9.78 Å². The van der Waals surface area contributed by atoms with Crippen LogP contribution in [0.25, 0.3) is 5.69 Å². The van der Waals surface area contributed by atoms with Crippen LogP contribution in [0.1, 0.15) is 11.4 Å². The van der Waals surface area contributed by atoms with Gasteiger partial charge in [0.1, 0.15) is 12.3 Å². The Morgan fingerprint density at radius 1 is 1.16 bits per heavy atom. The highest BCUT2D eigenvalue weighted by molar-refractivity contribution is 7.89. The van der Waals surface area contributed by atoms with Crippen molar-refractivity contribution >= 4 is 10.0 Å². The van der Waals surface area contributed by atoms with E-state index in [4.69, 9.17) is 9.88 Å². The average Bonchev–Trinajstić information content (AvgIpc) is 2.94. The zero-order valence-electron chi connectivity index (χ0n) is 13.5. The number of phenolic OH excluding ortho intramolecular Hbond substituents is 1. The van der Waals surface area contributed by atoms with E-state index in [0.29, 0.717) is 17.1 Å². The first-order valence-corrected chi connectivity index (χ1v) is 8.99. The van der Waals surface area contributed by atoms with E-state index >= 15 is 0 Å².